The van der Waals surface area contributed by atoms with Crippen molar-refractivity contribution in [3.05, 3.63) is 29.6 Å². The van der Waals surface area contributed by atoms with Crippen LogP contribution >= 0.6 is 0 Å². The normalized spacial score (nSPS) is 15.2. The molecule has 2 heterocycles. The summed E-state index contributed by atoms with van der Waals surface area (Å²) in [6.45, 7) is 3.48. The lowest BCUT2D eigenvalue weighted by molar-refractivity contribution is 0.598. The van der Waals surface area contributed by atoms with Gasteiger partial charge in [0.1, 0.15) is 6.33 Å². The molecule has 1 saturated carbocycles. The SMILES string of the molecule is Cc1cc(Cn2cnc(CNC3CC3)n2)n(C)n1. The molecule has 3 rings (SSSR count). The summed E-state index contributed by atoms with van der Waals surface area (Å²) in [4.78, 5) is 4.31. The van der Waals surface area contributed by atoms with Gasteiger partial charge in [0.15, 0.2) is 5.82 Å². The predicted octanol–water partition coefficient (Wildman–Crippen LogP) is 0.620. The Morgan fingerprint density at radius 2 is 2.22 bits per heavy atom. The number of nitrogens with one attached hydrogen (secondary N) is 1. The van der Waals surface area contributed by atoms with E-state index in [9.17, 15) is 0 Å². The van der Waals surface area contributed by atoms with Gasteiger partial charge in [0.25, 0.3) is 0 Å². The molecule has 6 nitrogen and oxygen atoms in total. The van der Waals surface area contributed by atoms with Crippen LogP contribution in [0.25, 0.3) is 0 Å². The Hall–Kier alpha value is -1.69. The lowest BCUT2D eigenvalue weighted by Crippen LogP contribution is -2.16. The molecule has 0 bridgehead atoms. The molecule has 1 N–H and O–H groups in total. The van der Waals surface area contributed by atoms with Crippen molar-refractivity contribution in [1.29, 1.82) is 0 Å². The Morgan fingerprint density at radius 1 is 1.39 bits per heavy atom. The highest BCUT2D eigenvalue weighted by molar-refractivity contribution is 5.08. The lowest BCUT2D eigenvalue weighted by Gasteiger charge is -2.01. The Bertz CT molecular complexity index is 537. The van der Waals surface area contributed by atoms with Crippen LogP contribution in [-0.4, -0.2) is 30.6 Å². The summed E-state index contributed by atoms with van der Waals surface area (Å²) in [5.74, 6) is 0.862. The summed E-state index contributed by atoms with van der Waals surface area (Å²) in [6.07, 6.45) is 4.36. The van der Waals surface area contributed by atoms with E-state index in [1.54, 1.807) is 6.33 Å². The third kappa shape index (κ3) is 2.59. The van der Waals surface area contributed by atoms with Gasteiger partial charge in [-0.15, -0.1) is 0 Å². The molecule has 0 radical (unpaired) electrons. The number of aryl methyl sites for hydroxylation is 2. The van der Waals surface area contributed by atoms with E-state index in [2.05, 4.69) is 26.6 Å². The van der Waals surface area contributed by atoms with E-state index >= 15 is 0 Å². The zero-order valence-electron chi connectivity index (χ0n) is 10.8. The second kappa shape index (κ2) is 4.53. The summed E-state index contributed by atoms with van der Waals surface area (Å²) in [6, 6.07) is 2.76. The Labute approximate surface area is 106 Å². The maximum Gasteiger partial charge on any atom is 0.164 e. The third-order valence-electron chi connectivity index (χ3n) is 3.13. The van der Waals surface area contributed by atoms with Crippen molar-refractivity contribution >= 4 is 0 Å². The molecule has 2 aromatic rings. The van der Waals surface area contributed by atoms with Crippen molar-refractivity contribution in [2.24, 2.45) is 7.05 Å². The Balaban J connectivity index is 1.63. The van der Waals surface area contributed by atoms with E-state index in [-0.39, 0.29) is 0 Å². The fourth-order valence-electron chi connectivity index (χ4n) is 1.99. The zero-order chi connectivity index (χ0) is 12.5. The van der Waals surface area contributed by atoms with Crippen LogP contribution in [0, 0.1) is 6.92 Å². The summed E-state index contributed by atoms with van der Waals surface area (Å²) < 4.78 is 3.75. The van der Waals surface area contributed by atoms with E-state index in [0.717, 1.165) is 23.8 Å². The third-order valence-corrected chi connectivity index (χ3v) is 3.13. The van der Waals surface area contributed by atoms with Crippen LogP contribution in [0.15, 0.2) is 12.4 Å². The molecule has 0 saturated heterocycles. The van der Waals surface area contributed by atoms with Crippen LogP contribution in [0.3, 0.4) is 0 Å². The second-order valence-electron chi connectivity index (χ2n) is 4.91. The van der Waals surface area contributed by atoms with Crippen LogP contribution in [0.4, 0.5) is 0 Å². The highest BCUT2D eigenvalue weighted by atomic mass is 15.4. The maximum atomic E-state index is 4.46. The average Bonchev–Trinajstić information content (AvgIpc) is 2.97. The predicted molar refractivity (Wildman–Crippen MR) is 66.9 cm³/mol. The molecular formula is C12H18N6. The number of hydrogen-bond donors (Lipinski definition) is 1. The summed E-state index contributed by atoms with van der Waals surface area (Å²) in [5, 5.41) is 12.2. The van der Waals surface area contributed by atoms with Gasteiger partial charge >= 0.3 is 0 Å². The van der Waals surface area contributed by atoms with Gasteiger partial charge in [-0.2, -0.15) is 10.2 Å². The van der Waals surface area contributed by atoms with Gasteiger partial charge < -0.3 is 5.32 Å². The van der Waals surface area contributed by atoms with Gasteiger partial charge in [-0.05, 0) is 25.8 Å². The number of hydrogen-bond acceptors (Lipinski definition) is 4. The van der Waals surface area contributed by atoms with Crippen molar-refractivity contribution in [2.75, 3.05) is 0 Å². The van der Waals surface area contributed by atoms with Crippen molar-refractivity contribution in [3.8, 4) is 0 Å². The fourth-order valence-corrected chi connectivity index (χ4v) is 1.99. The van der Waals surface area contributed by atoms with E-state index in [1.165, 1.54) is 12.8 Å². The molecule has 0 unspecified atom stereocenters. The van der Waals surface area contributed by atoms with Gasteiger partial charge in [-0.25, -0.2) is 9.67 Å². The molecule has 2 aromatic heterocycles. The van der Waals surface area contributed by atoms with Crippen LogP contribution < -0.4 is 5.32 Å². The second-order valence-corrected chi connectivity index (χ2v) is 4.91. The molecule has 0 atom stereocenters. The first-order valence-corrected chi connectivity index (χ1v) is 6.32. The standard InChI is InChI=1S/C12H18N6/c1-9-5-11(17(2)15-9)7-18-8-14-12(16-18)6-13-10-3-4-10/h5,8,10,13H,3-4,6-7H2,1-2H3. The monoisotopic (exact) mass is 246 g/mol. The molecule has 1 aliphatic carbocycles. The summed E-state index contributed by atoms with van der Waals surface area (Å²) in [5.41, 5.74) is 2.17. The quantitative estimate of drug-likeness (QED) is 0.840. The van der Waals surface area contributed by atoms with E-state index in [1.807, 2.05) is 23.3 Å². The maximum absolute atomic E-state index is 4.46. The fraction of sp³-hybridized carbons (Fsp3) is 0.583. The molecule has 0 aromatic carbocycles. The molecule has 0 amide bonds. The van der Waals surface area contributed by atoms with Gasteiger partial charge in [0.2, 0.25) is 0 Å². The van der Waals surface area contributed by atoms with Gasteiger partial charge in [-0.3, -0.25) is 4.68 Å². The molecule has 0 spiro atoms. The van der Waals surface area contributed by atoms with Crippen LogP contribution in [0.1, 0.15) is 30.1 Å². The lowest BCUT2D eigenvalue weighted by atomic mass is 10.4. The number of nitrogens with zero attached hydrogens (tertiary/aromatic N) is 5. The smallest absolute Gasteiger partial charge is 0.164 e. The van der Waals surface area contributed by atoms with Gasteiger partial charge in [0.05, 0.1) is 24.5 Å². The minimum absolute atomic E-state index is 0.691. The molecular weight excluding hydrogens is 228 g/mol. The molecule has 96 valence electrons. The Kier molecular flexibility index (Phi) is 2.87. The summed E-state index contributed by atoms with van der Waals surface area (Å²) in [7, 11) is 1.95. The first-order valence-electron chi connectivity index (χ1n) is 6.32. The van der Waals surface area contributed by atoms with Gasteiger partial charge in [0, 0.05) is 13.1 Å². The highest BCUT2D eigenvalue weighted by Crippen LogP contribution is 2.18. The van der Waals surface area contributed by atoms with Crippen LogP contribution in [0.5, 0.6) is 0 Å². The molecule has 18 heavy (non-hydrogen) atoms. The topological polar surface area (TPSA) is 60.6 Å². The van der Waals surface area contributed by atoms with Crippen molar-refractivity contribution < 1.29 is 0 Å². The number of aromatic nitrogens is 5. The van der Waals surface area contributed by atoms with Crippen molar-refractivity contribution in [2.45, 2.75) is 38.9 Å². The van der Waals surface area contributed by atoms with Gasteiger partial charge in [-0.1, -0.05) is 0 Å². The molecule has 6 heteroatoms. The minimum atomic E-state index is 0.691. The minimum Gasteiger partial charge on any atom is -0.307 e. The van der Waals surface area contributed by atoms with Crippen molar-refractivity contribution in [1.82, 2.24) is 29.9 Å². The molecule has 1 fully saturated rings. The largest absolute Gasteiger partial charge is 0.307 e. The van der Waals surface area contributed by atoms with Crippen molar-refractivity contribution in [3.63, 3.8) is 0 Å². The number of rotatable bonds is 5. The first-order chi connectivity index (χ1) is 8.70. The molecule has 0 aliphatic heterocycles. The van der Waals surface area contributed by atoms with E-state index < -0.39 is 0 Å². The van der Waals surface area contributed by atoms with Crippen LogP contribution in [0.2, 0.25) is 0 Å². The highest BCUT2D eigenvalue weighted by Gasteiger charge is 2.20. The van der Waals surface area contributed by atoms with E-state index in [4.69, 9.17) is 0 Å². The van der Waals surface area contributed by atoms with Crippen LogP contribution in [-0.2, 0) is 20.1 Å². The Morgan fingerprint density at radius 3 is 2.89 bits per heavy atom. The summed E-state index contributed by atoms with van der Waals surface area (Å²) >= 11 is 0. The van der Waals surface area contributed by atoms with E-state index in [0.29, 0.717) is 12.6 Å². The molecule has 1 aliphatic rings. The zero-order valence-corrected chi connectivity index (χ0v) is 10.8. The first kappa shape index (κ1) is 11.4. The average molecular weight is 246 g/mol.